The summed E-state index contributed by atoms with van der Waals surface area (Å²) in [5, 5.41) is 3.82. The molecule has 1 aliphatic heterocycles. The summed E-state index contributed by atoms with van der Waals surface area (Å²) in [4.78, 5) is 2.81. The summed E-state index contributed by atoms with van der Waals surface area (Å²) in [6, 6.07) is 1.48. The zero-order valence-corrected chi connectivity index (χ0v) is 14.1. The largest absolute Gasteiger partial charge is 0.311 e. The summed E-state index contributed by atoms with van der Waals surface area (Å²) in [5.74, 6) is 3.59. The number of rotatable bonds is 6. The molecule has 2 nitrogen and oxygen atoms in total. The number of nitrogens with one attached hydrogen (secondary N) is 1. The van der Waals surface area contributed by atoms with Crippen LogP contribution in [0.25, 0.3) is 0 Å². The zero-order valence-electron chi connectivity index (χ0n) is 13.2. The molecule has 2 fully saturated rings. The van der Waals surface area contributed by atoms with Gasteiger partial charge in [0.15, 0.2) is 0 Å². The van der Waals surface area contributed by atoms with Gasteiger partial charge in [0.2, 0.25) is 0 Å². The summed E-state index contributed by atoms with van der Waals surface area (Å²) < 4.78 is 0. The van der Waals surface area contributed by atoms with Crippen molar-refractivity contribution in [2.24, 2.45) is 11.3 Å². The van der Waals surface area contributed by atoms with Crippen LogP contribution < -0.4 is 5.32 Å². The lowest BCUT2D eigenvalue weighted by atomic mass is 9.84. The molecule has 1 heterocycles. The van der Waals surface area contributed by atoms with Gasteiger partial charge >= 0.3 is 0 Å². The minimum absolute atomic E-state index is 0.380. The van der Waals surface area contributed by atoms with Crippen molar-refractivity contribution in [3.8, 4) is 0 Å². The third-order valence-electron chi connectivity index (χ3n) is 4.61. The molecule has 2 atom stereocenters. The summed E-state index contributed by atoms with van der Waals surface area (Å²) in [7, 11) is 0. The number of hydrogen-bond donors (Lipinski definition) is 1. The van der Waals surface area contributed by atoms with Gasteiger partial charge in [-0.2, -0.15) is 11.8 Å². The lowest BCUT2D eigenvalue weighted by Crippen LogP contribution is -2.61. The van der Waals surface area contributed by atoms with Crippen LogP contribution in [0.1, 0.15) is 47.0 Å². The Morgan fingerprint density at radius 2 is 2.00 bits per heavy atom. The molecule has 0 bridgehead atoms. The molecule has 0 radical (unpaired) electrons. The Balaban J connectivity index is 1.85. The number of nitrogens with zero attached hydrogens (tertiary/aromatic N) is 1. The average Bonchev–Trinajstić information content (AvgIpc) is 3.17. The highest BCUT2D eigenvalue weighted by Crippen LogP contribution is 2.37. The highest BCUT2D eigenvalue weighted by molar-refractivity contribution is 7.99. The molecule has 0 aromatic carbocycles. The minimum Gasteiger partial charge on any atom is -0.311 e. The van der Waals surface area contributed by atoms with Crippen LogP contribution in [0, 0.1) is 11.3 Å². The van der Waals surface area contributed by atoms with E-state index < -0.39 is 0 Å². The molecule has 1 aliphatic carbocycles. The fourth-order valence-electron chi connectivity index (χ4n) is 3.12. The Morgan fingerprint density at radius 3 is 2.58 bits per heavy atom. The topological polar surface area (TPSA) is 15.3 Å². The Labute approximate surface area is 124 Å². The van der Waals surface area contributed by atoms with Gasteiger partial charge in [0.1, 0.15) is 0 Å². The van der Waals surface area contributed by atoms with E-state index in [9.17, 15) is 0 Å². The highest BCUT2D eigenvalue weighted by Gasteiger charge is 2.40. The van der Waals surface area contributed by atoms with E-state index in [1.54, 1.807) is 0 Å². The van der Waals surface area contributed by atoms with Crippen LogP contribution >= 0.6 is 11.8 Å². The lowest BCUT2D eigenvalue weighted by Gasteiger charge is -2.45. The molecule has 0 aromatic heterocycles. The lowest BCUT2D eigenvalue weighted by molar-refractivity contribution is 0.0754. The van der Waals surface area contributed by atoms with Crippen molar-refractivity contribution in [2.45, 2.75) is 59.0 Å². The summed E-state index contributed by atoms with van der Waals surface area (Å²) in [6.45, 7) is 13.1. The molecule has 0 spiro atoms. The molecular weight excluding hydrogens is 252 g/mol. The maximum Gasteiger partial charge on any atom is 0.0249 e. The van der Waals surface area contributed by atoms with Crippen LogP contribution in [0.3, 0.4) is 0 Å². The first-order valence-electron chi connectivity index (χ1n) is 8.07. The van der Waals surface area contributed by atoms with Crippen molar-refractivity contribution in [3.63, 3.8) is 0 Å². The molecule has 0 aromatic rings. The number of piperazine rings is 1. The van der Waals surface area contributed by atoms with E-state index in [2.05, 4.69) is 49.7 Å². The van der Waals surface area contributed by atoms with Gasteiger partial charge in [-0.1, -0.05) is 27.7 Å². The van der Waals surface area contributed by atoms with Crippen LogP contribution in [-0.4, -0.2) is 48.1 Å². The fourth-order valence-corrected chi connectivity index (χ4v) is 3.75. The Kier molecular flexibility index (Phi) is 5.62. The predicted molar refractivity (Wildman–Crippen MR) is 86.9 cm³/mol. The average molecular weight is 285 g/mol. The normalized spacial score (nSPS) is 29.7. The van der Waals surface area contributed by atoms with Gasteiger partial charge in [-0.05, 0) is 48.6 Å². The van der Waals surface area contributed by atoms with E-state index in [0.717, 1.165) is 12.0 Å². The second kappa shape index (κ2) is 6.82. The number of hydrogen-bond acceptors (Lipinski definition) is 3. The summed E-state index contributed by atoms with van der Waals surface area (Å²) in [5.41, 5.74) is 0.380. The van der Waals surface area contributed by atoms with E-state index in [4.69, 9.17) is 0 Å². The molecule has 1 saturated carbocycles. The molecule has 19 heavy (non-hydrogen) atoms. The second-order valence-corrected chi connectivity index (χ2v) is 8.67. The van der Waals surface area contributed by atoms with Crippen LogP contribution in [-0.2, 0) is 0 Å². The van der Waals surface area contributed by atoms with Crippen molar-refractivity contribution in [1.29, 1.82) is 0 Å². The van der Waals surface area contributed by atoms with Crippen molar-refractivity contribution in [3.05, 3.63) is 0 Å². The monoisotopic (exact) mass is 284 g/mol. The van der Waals surface area contributed by atoms with E-state index >= 15 is 0 Å². The maximum absolute atomic E-state index is 3.82. The molecule has 2 unspecified atom stereocenters. The van der Waals surface area contributed by atoms with Gasteiger partial charge in [0.25, 0.3) is 0 Å². The third-order valence-corrected chi connectivity index (χ3v) is 5.59. The molecule has 0 amide bonds. The Hall–Kier alpha value is 0.270. The smallest absolute Gasteiger partial charge is 0.0249 e. The van der Waals surface area contributed by atoms with E-state index in [1.165, 1.54) is 50.4 Å². The van der Waals surface area contributed by atoms with Crippen LogP contribution in [0.15, 0.2) is 0 Å². The fraction of sp³-hybridized carbons (Fsp3) is 1.00. The maximum atomic E-state index is 3.82. The first-order chi connectivity index (χ1) is 9.02. The Morgan fingerprint density at radius 1 is 1.26 bits per heavy atom. The van der Waals surface area contributed by atoms with Crippen molar-refractivity contribution < 1.29 is 0 Å². The van der Waals surface area contributed by atoms with Gasteiger partial charge < -0.3 is 5.32 Å². The van der Waals surface area contributed by atoms with Gasteiger partial charge in [-0.25, -0.2) is 0 Å². The van der Waals surface area contributed by atoms with Crippen LogP contribution in [0.5, 0.6) is 0 Å². The number of thioether (sulfide) groups is 1. The minimum atomic E-state index is 0.380. The molecule has 3 heteroatoms. The summed E-state index contributed by atoms with van der Waals surface area (Å²) >= 11 is 2.09. The highest BCUT2D eigenvalue weighted by atomic mass is 32.2. The predicted octanol–water partition coefficient (Wildman–Crippen LogP) is 3.23. The van der Waals surface area contributed by atoms with Gasteiger partial charge in [0.05, 0.1) is 0 Å². The summed E-state index contributed by atoms with van der Waals surface area (Å²) in [6.07, 6.45) is 4.29. The van der Waals surface area contributed by atoms with Crippen molar-refractivity contribution >= 4 is 11.8 Å². The van der Waals surface area contributed by atoms with Crippen molar-refractivity contribution in [2.75, 3.05) is 31.1 Å². The molecule has 1 N–H and O–H groups in total. The Bertz CT molecular complexity index is 270. The molecule has 2 rings (SSSR count). The molecular formula is C16H32N2S. The van der Waals surface area contributed by atoms with Crippen LogP contribution in [0.4, 0.5) is 0 Å². The molecule has 2 aliphatic rings. The third kappa shape index (κ3) is 4.64. The first-order valence-corrected chi connectivity index (χ1v) is 9.23. The van der Waals surface area contributed by atoms with Crippen LogP contribution in [0.2, 0.25) is 0 Å². The zero-order chi connectivity index (χ0) is 13.9. The van der Waals surface area contributed by atoms with Gasteiger partial charge in [-0.15, -0.1) is 0 Å². The standard InChI is InChI=1S/C16H32N2S/c1-5-19-10-6-9-18-12-15(16(2,3)4)17-11-14(18)13-7-8-13/h13-15,17H,5-12H2,1-4H3. The molecule has 1 saturated heterocycles. The van der Waals surface area contributed by atoms with E-state index in [-0.39, 0.29) is 0 Å². The van der Waals surface area contributed by atoms with E-state index in [1.807, 2.05) is 0 Å². The van der Waals surface area contributed by atoms with E-state index in [0.29, 0.717) is 11.5 Å². The molecule has 112 valence electrons. The first kappa shape index (κ1) is 15.7. The van der Waals surface area contributed by atoms with Gasteiger partial charge in [-0.3, -0.25) is 4.90 Å². The second-order valence-electron chi connectivity index (χ2n) is 7.28. The van der Waals surface area contributed by atoms with Gasteiger partial charge in [0, 0.05) is 25.2 Å². The SMILES string of the molecule is CCSCCCN1CC(C(C)(C)C)NCC1C1CC1. The quantitative estimate of drug-likeness (QED) is 0.754. The van der Waals surface area contributed by atoms with Crippen molar-refractivity contribution in [1.82, 2.24) is 10.2 Å².